The van der Waals surface area contributed by atoms with Gasteiger partial charge in [-0.05, 0) is 23.6 Å². The Balaban J connectivity index is 0.000000242. The van der Waals surface area contributed by atoms with Crippen LogP contribution in [-0.2, 0) is 16.1 Å². The Kier molecular flexibility index (Phi) is 5.76. The van der Waals surface area contributed by atoms with Crippen molar-refractivity contribution in [3.63, 3.8) is 0 Å². The summed E-state index contributed by atoms with van der Waals surface area (Å²) in [6, 6.07) is 18.5. The zero-order valence-corrected chi connectivity index (χ0v) is 14.7. The van der Waals surface area contributed by atoms with Crippen molar-refractivity contribution in [3.05, 3.63) is 84.2 Å². The molecule has 28 heavy (non-hydrogen) atoms. The normalized spacial score (nSPS) is 13.2. The summed E-state index contributed by atoms with van der Waals surface area (Å²) in [5.74, 6) is -1.58. The van der Waals surface area contributed by atoms with Crippen LogP contribution in [0.15, 0.2) is 77.9 Å². The van der Waals surface area contributed by atoms with Crippen molar-refractivity contribution in [1.29, 1.82) is 0 Å². The van der Waals surface area contributed by atoms with Crippen LogP contribution in [0.4, 0.5) is 5.69 Å². The molecule has 2 heterocycles. The van der Waals surface area contributed by atoms with Gasteiger partial charge in [-0.1, -0.05) is 36.4 Å². The minimum absolute atomic E-state index is 0.558. The van der Waals surface area contributed by atoms with E-state index < -0.39 is 11.9 Å². The van der Waals surface area contributed by atoms with Crippen molar-refractivity contribution in [3.8, 4) is 0 Å². The largest absolute Gasteiger partial charge is 0.478 e. The van der Waals surface area contributed by atoms with Gasteiger partial charge in [0.2, 0.25) is 0 Å². The first-order valence-corrected chi connectivity index (χ1v) is 8.42. The molecule has 1 aromatic heterocycles. The maximum Gasteiger partial charge on any atom is 0.328 e. The summed E-state index contributed by atoms with van der Waals surface area (Å²) >= 11 is 0. The summed E-state index contributed by atoms with van der Waals surface area (Å²) in [6.07, 6.45) is 2.91. The predicted molar refractivity (Wildman–Crippen MR) is 106 cm³/mol. The number of hydrogen-bond donors (Lipinski definition) is 3. The van der Waals surface area contributed by atoms with Gasteiger partial charge in [0.05, 0.1) is 12.2 Å². The van der Waals surface area contributed by atoms with E-state index >= 15 is 0 Å². The van der Waals surface area contributed by atoms with E-state index in [1.165, 1.54) is 16.3 Å². The lowest BCUT2D eigenvalue weighted by Crippen LogP contribution is -2.07. The third kappa shape index (κ3) is 4.59. The predicted octanol–water partition coefficient (Wildman–Crippen LogP) is 3.32. The molecule has 4 rings (SSSR count). The SMILES string of the molecule is O=C(O)/C=C/C(=O)O.c1ccc(CN=C2Nc3cccc4cccc2c34)nc1. The Hall–Kier alpha value is -4.00. The Bertz CT molecular complexity index is 1050. The van der Waals surface area contributed by atoms with Crippen LogP contribution >= 0.6 is 0 Å². The molecule has 0 saturated carbocycles. The average Bonchev–Trinajstić information content (AvgIpc) is 3.06. The second kappa shape index (κ2) is 8.59. The van der Waals surface area contributed by atoms with Gasteiger partial charge in [-0.15, -0.1) is 0 Å². The van der Waals surface area contributed by atoms with Crippen molar-refractivity contribution in [2.45, 2.75) is 6.54 Å². The summed E-state index contributed by atoms with van der Waals surface area (Å²) in [5, 5.41) is 21.5. The number of hydrogen-bond acceptors (Lipinski definition) is 4. The van der Waals surface area contributed by atoms with Crippen LogP contribution in [0.5, 0.6) is 0 Å². The number of aliphatic carboxylic acids is 2. The number of carboxylic acids is 2. The van der Waals surface area contributed by atoms with Crippen LogP contribution in [0.2, 0.25) is 0 Å². The highest BCUT2D eigenvalue weighted by molar-refractivity contribution is 6.25. The number of nitrogens with zero attached hydrogens (tertiary/aromatic N) is 2. The van der Waals surface area contributed by atoms with Gasteiger partial charge < -0.3 is 15.5 Å². The van der Waals surface area contributed by atoms with Crippen LogP contribution in [0.1, 0.15) is 11.3 Å². The molecule has 0 bridgehead atoms. The third-order valence-electron chi connectivity index (χ3n) is 3.91. The van der Waals surface area contributed by atoms with Crippen LogP contribution in [-0.4, -0.2) is 33.0 Å². The van der Waals surface area contributed by atoms with E-state index in [0.717, 1.165) is 17.2 Å². The highest BCUT2D eigenvalue weighted by Gasteiger charge is 2.18. The monoisotopic (exact) mass is 375 g/mol. The molecule has 0 spiro atoms. The minimum atomic E-state index is -1.26. The molecule has 140 valence electrons. The number of aliphatic imine (C=N–C) groups is 1. The quantitative estimate of drug-likeness (QED) is 0.603. The van der Waals surface area contributed by atoms with Gasteiger partial charge in [0.1, 0.15) is 5.84 Å². The van der Waals surface area contributed by atoms with Gasteiger partial charge in [-0.2, -0.15) is 0 Å². The molecule has 0 fully saturated rings. The van der Waals surface area contributed by atoms with E-state index in [9.17, 15) is 9.59 Å². The lowest BCUT2D eigenvalue weighted by Gasteiger charge is -2.01. The van der Waals surface area contributed by atoms with Gasteiger partial charge in [0.25, 0.3) is 0 Å². The number of rotatable bonds is 4. The smallest absolute Gasteiger partial charge is 0.328 e. The minimum Gasteiger partial charge on any atom is -0.478 e. The Morgan fingerprint density at radius 3 is 2.32 bits per heavy atom. The first-order chi connectivity index (χ1) is 13.5. The van der Waals surface area contributed by atoms with Gasteiger partial charge >= 0.3 is 11.9 Å². The maximum atomic E-state index is 9.55. The molecule has 3 N–H and O–H groups in total. The van der Waals surface area contributed by atoms with Gasteiger partial charge in [0.15, 0.2) is 0 Å². The number of amidine groups is 1. The molecule has 2 aromatic carbocycles. The Morgan fingerprint density at radius 1 is 0.964 bits per heavy atom. The van der Waals surface area contributed by atoms with Crippen molar-refractivity contribution in [1.82, 2.24) is 4.98 Å². The topological polar surface area (TPSA) is 112 Å². The second-order valence-corrected chi connectivity index (χ2v) is 5.83. The molecular weight excluding hydrogens is 358 g/mol. The van der Waals surface area contributed by atoms with E-state index in [1.807, 2.05) is 18.2 Å². The molecule has 0 radical (unpaired) electrons. The first-order valence-electron chi connectivity index (χ1n) is 8.42. The van der Waals surface area contributed by atoms with E-state index in [2.05, 4.69) is 51.7 Å². The van der Waals surface area contributed by atoms with Gasteiger partial charge in [-0.3, -0.25) is 9.98 Å². The van der Waals surface area contributed by atoms with Crippen LogP contribution < -0.4 is 5.32 Å². The highest BCUT2D eigenvalue weighted by atomic mass is 16.4. The Labute approximate surface area is 160 Å². The van der Waals surface area contributed by atoms with Crippen molar-refractivity contribution < 1.29 is 19.8 Å². The Morgan fingerprint density at radius 2 is 1.68 bits per heavy atom. The highest BCUT2D eigenvalue weighted by Crippen LogP contribution is 2.33. The van der Waals surface area contributed by atoms with E-state index in [-0.39, 0.29) is 0 Å². The van der Waals surface area contributed by atoms with Gasteiger partial charge in [-0.25, -0.2) is 9.59 Å². The summed E-state index contributed by atoms with van der Waals surface area (Å²) in [7, 11) is 0. The average molecular weight is 375 g/mol. The maximum absolute atomic E-state index is 9.55. The number of nitrogens with one attached hydrogen (secondary N) is 1. The summed E-state index contributed by atoms with van der Waals surface area (Å²) in [4.78, 5) is 28.1. The summed E-state index contributed by atoms with van der Waals surface area (Å²) in [6.45, 7) is 0.591. The molecule has 7 heteroatoms. The molecule has 0 atom stereocenters. The molecular formula is C21H17N3O4. The van der Waals surface area contributed by atoms with Crippen molar-refractivity contribution in [2.24, 2.45) is 4.99 Å². The zero-order valence-electron chi connectivity index (χ0n) is 14.7. The van der Waals surface area contributed by atoms with E-state index in [4.69, 9.17) is 10.2 Å². The number of anilines is 1. The lowest BCUT2D eigenvalue weighted by atomic mass is 10.1. The molecule has 0 amide bonds. The lowest BCUT2D eigenvalue weighted by molar-refractivity contribution is -0.134. The number of carbonyl (C=O) groups is 2. The van der Waals surface area contributed by atoms with Crippen molar-refractivity contribution >= 4 is 34.2 Å². The summed E-state index contributed by atoms with van der Waals surface area (Å²) < 4.78 is 0. The third-order valence-corrected chi connectivity index (χ3v) is 3.91. The summed E-state index contributed by atoms with van der Waals surface area (Å²) in [5.41, 5.74) is 3.29. The molecule has 0 aliphatic carbocycles. The number of aromatic nitrogens is 1. The van der Waals surface area contributed by atoms with Crippen LogP contribution in [0.25, 0.3) is 10.8 Å². The van der Waals surface area contributed by atoms with E-state index in [0.29, 0.717) is 18.7 Å². The fourth-order valence-electron chi connectivity index (χ4n) is 2.76. The van der Waals surface area contributed by atoms with E-state index in [1.54, 1.807) is 6.20 Å². The van der Waals surface area contributed by atoms with Crippen LogP contribution in [0.3, 0.4) is 0 Å². The first kappa shape index (κ1) is 18.8. The van der Waals surface area contributed by atoms with Crippen LogP contribution in [0, 0.1) is 0 Å². The van der Waals surface area contributed by atoms with Gasteiger partial charge in [0, 0.05) is 35.0 Å². The number of carboxylic acid groups (broad SMARTS) is 2. The molecule has 3 aromatic rings. The fraction of sp³-hybridized carbons (Fsp3) is 0.0476. The molecule has 0 saturated heterocycles. The van der Waals surface area contributed by atoms with Crippen molar-refractivity contribution in [2.75, 3.05) is 5.32 Å². The second-order valence-electron chi connectivity index (χ2n) is 5.83. The molecule has 1 aliphatic rings. The molecule has 7 nitrogen and oxygen atoms in total. The number of pyridine rings is 1. The zero-order chi connectivity index (χ0) is 19.9. The molecule has 1 aliphatic heterocycles. The standard InChI is InChI=1S/C17H13N3.C4H4O4/c1-2-10-18-13(7-1)11-19-17-14-8-3-5-12-6-4-9-15(20-17)16(12)14;5-3(6)1-2-4(7)8/h1-10H,11H2,(H,19,20);1-2H,(H,5,6)(H,7,8)/b;2-1+. The fourth-order valence-corrected chi connectivity index (χ4v) is 2.76. The number of benzene rings is 2. The molecule has 0 unspecified atom stereocenters.